The molecular formula is C80H108O2. The molecule has 0 radical (unpaired) electrons. The summed E-state index contributed by atoms with van der Waals surface area (Å²) in [6.07, 6.45) is 70.8. The summed E-state index contributed by atoms with van der Waals surface area (Å²) in [7, 11) is 0. The molecule has 0 atom stereocenters. The fourth-order valence-electron chi connectivity index (χ4n) is 11.1. The average molecular weight is 1100 g/mol. The summed E-state index contributed by atoms with van der Waals surface area (Å²) in [5.74, 6) is 0.542. The van der Waals surface area contributed by atoms with Gasteiger partial charge in [-0.05, 0) is 190 Å². The quantitative estimate of drug-likeness (QED) is 0.114. The van der Waals surface area contributed by atoms with Gasteiger partial charge in [-0.1, -0.05) is 281 Å². The largest absolute Gasteiger partial charge is 0.295 e. The Kier molecular flexibility index (Phi) is 28.7. The maximum absolute atomic E-state index is 12.2. The lowest BCUT2D eigenvalue weighted by molar-refractivity contribution is -0.117. The number of rotatable bonds is 20. The molecule has 2 nitrogen and oxygen atoms in total. The summed E-state index contributed by atoms with van der Waals surface area (Å²) in [6.45, 7) is 43.8. The Morgan fingerprint density at radius 3 is 0.768 bits per heavy atom. The second-order valence-electron chi connectivity index (χ2n) is 26.4. The molecule has 4 aliphatic rings. The van der Waals surface area contributed by atoms with Crippen LogP contribution in [0.5, 0.6) is 0 Å². The number of carbonyl (C=O) groups excluding carboxylic acids is 2. The number of ketones is 2. The SMILES string of the molecule is CC1=C(/C=C/C(C)=C/C=C/C(C)=C/C=C/C=C(C)/C=C/C=C(C)/C=C/C2=C(C)C(=O)CCC2(C)C)C(C)(C)CCC1=O.CC1=C(/C=C/C(C)=C/C=C/C(C)=C/C=C/C=C(C)/C=C/C=C(C)/C=C/C2=C(C)CCCC2(C)C)C(C)(C)CCC1. The Morgan fingerprint density at radius 2 is 0.512 bits per heavy atom. The topological polar surface area (TPSA) is 34.1 Å². The van der Waals surface area contributed by atoms with Crippen LogP contribution in [0.3, 0.4) is 0 Å². The van der Waals surface area contributed by atoms with Crippen molar-refractivity contribution in [2.75, 3.05) is 0 Å². The molecule has 0 unspecified atom stereocenters. The molecule has 0 fully saturated rings. The fraction of sp³-hybridized carbons (Fsp3) is 0.425. The molecule has 440 valence electrons. The summed E-state index contributed by atoms with van der Waals surface area (Å²) in [6, 6.07) is 0. The van der Waals surface area contributed by atoms with Crippen molar-refractivity contribution in [3.63, 3.8) is 0 Å². The van der Waals surface area contributed by atoms with Gasteiger partial charge in [-0.3, -0.25) is 9.59 Å². The van der Waals surface area contributed by atoms with Crippen LogP contribution in [0.25, 0.3) is 0 Å². The van der Waals surface area contributed by atoms with E-state index in [2.05, 4.69) is 295 Å². The van der Waals surface area contributed by atoms with Crippen LogP contribution in [-0.4, -0.2) is 11.6 Å². The standard InChI is InChI=1S/C40H52O2.C40H56/c1-29(17-13-19-31(3)21-23-35-33(5)37(41)25-27-39(35,7)8)15-11-12-16-30(2)18-14-20-32(4)22-24-36-34(6)38(42)26-28-40(36,9)10;1-31(19-13-21-33(3)25-27-37-35(5)23-15-29-39(37,7)8)17-11-12-18-32(2)20-14-22-34(4)26-28-38-36(6)24-16-30-40(38,9)10/h11-24H,25-28H2,1-10H3;11-14,17-22,25-28H,15-16,23-24,29-30H2,1-10H3/b12-11+,17-13+,18-14+,23-21+,24-22+,29-15+,30-16+,31-19+,32-20+;12-11+,19-13+,20-14+,27-25+,28-26+,31-17+,32-18+,33-21+,34-22+. The van der Waals surface area contributed by atoms with Gasteiger partial charge in [0.05, 0.1) is 0 Å². The third-order valence-corrected chi connectivity index (χ3v) is 16.7. The van der Waals surface area contributed by atoms with Crippen molar-refractivity contribution in [1.82, 2.24) is 0 Å². The third kappa shape index (κ3) is 24.6. The van der Waals surface area contributed by atoms with Crippen LogP contribution in [-0.2, 0) is 9.59 Å². The van der Waals surface area contributed by atoms with Crippen molar-refractivity contribution in [3.05, 3.63) is 259 Å². The molecule has 0 heterocycles. The Morgan fingerprint density at radius 1 is 0.293 bits per heavy atom. The number of allylic oxidation sites excluding steroid dienone is 44. The first-order chi connectivity index (χ1) is 38.4. The van der Waals surface area contributed by atoms with E-state index in [9.17, 15) is 9.59 Å². The molecule has 0 saturated carbocycles. The molecular weight excluding hydrogens is 993 g/mol. The maximum atomic E-state index is 12.2. The first-order valence-electron chi connectivity index (χ1n) is 30.5. The lowest BCUT2D eigenvalue weighted by Crippen LogP contribution is -2.24. The van der Waals surface area contributed by atoms with E-state index in [0.29, 0.717) is 23.7 Å². The summed E-state index contributed by atoms with van der Waals surface area (Å²) in [5, 5.41) is 0. The van der Waals surface area contributed by atoms with Gasteiger partial charge < -0.3 is 0 Å². The van der Waals surface area contributed by atoms with E-state index in [1.54, 1.807) is 11.1 Å². The first kappa shape index (κ1) is 69.9. The van der Waals surface area contributed by atoms with Crippen LogP contribution in [0.4, 0.5) is 0 Å². The van der Waals surface area contributed by atoms with Gasteiger partial charge in [0.25, 0.3) is 0 Å². The van der Waals surface area contributed by atoms with Gasteiger partial charge in [-0.25, -0.2) is 0 Å². The predicted octanol–water partition coefficient (Wildman–Crippen LogP) is 23.6. The van der Waals surface area contributed by atoms with E-state index in [-0.39, 0.29) is 22.4 Å². The molecule has 0 aliphatic heterocycles. The Hall–Kier alpha value is -6.38. The molecule has 0 spiro atoms. The number of carbonyl (C=O) groups is 2. The van der Waals surface area contributed by atoms with Gasteiger partial charge in [0.15, 0.2) is 11.6 Å². The van der Waals surface area contributed by atoms with E-state index in [0.717, 1.165) is 57.4 Å². The van der Waals surface area contributed by atoms with Crippen LogP contribution in [0.15, 0.2) is 259 Å². The molecule has 82 heavy (non-hydrogen) atoms. The lowest BCUT2D eigenvalue weighted by atomic mass is 9.72. The molecule has 0 saturated heterocycles. The summed E-state index contributed by atoms with van der Waals surface area (Å²) in [4.78, 5) is 24.3. The van der Waals surface area contributed by atoms with Gasteiger partial charge in [-0.2, -0.15) is 0 Å². The van der Waals surface area contributed by atoms with Crippen LogP contribution in [0, 0.1) is 21.7 Å². The fourth-order valence-corrected chi connectivity index (χ4v) is 11.1. The smallest absolute Gasteiger partial charge is 0.158 e. The van der Waals surface area contributed by atoms with Gasteiger partial charge in [0.2, 0.25) is 0 Å². The zero-order valence-electron chi connectivity index (χ0n) is 55.1. The second-order valence-corrected chi connectivity index (χ2v) is 26.4. The highest BCUT2D eigenvalue weighted by Crippen LogP contribution is 2.43. The molecule has 0 aromatic heterocycles. The van der Waals surface area contributed by atoms with Crippen molar-refractivity contribution in [1.29, 1.82) is 0 Å². The third-order valence-electron chi connectivity index (χ3n) is 16.7. The monoisotopic (exact) mass is 1100 g/mol. The van der Waals surface area contributed by atoms with Crippen LogP contribution >= 0.6 is 0 Å². The maximum Gasteiger partial charge on any atom is 0.158 e. The zero-order valence-corrected chi connectivity index (χ0v) is 55.1. The molecule has 2 heteroatoms. The Balaban J connectivity index is 0.000000431. The number of hydrogen-bond donors (Lipinski definition) is 0. The van der Waals surface area contributed by atoms with E-state index >= 15 is 0 Å². The lowest BCUT2D eigenvalue weighted by Gasteiger charge is -2.33. The zero-order chi connectivity index (χ0) is 61.3. The average Bonchev–Trinajstić information content (AvgIpc) is 3.38. The van der Waals surface area contributed by atoms with E-state index in [1.165, 1.54) is 72.0 Å². The van der Waals surface area contributed by atoms with Crippen LogP contribution in [0.2, 0.25) is 0 Å². The summed E-state index contributed by atoms with van der Waals surface area (Å²) >= 11 is 0. The molecule has 0 aromatic carbocycles. The predicted molar refractivity (Wildman–Crippen MR) is 364 cm³/mol. The van der Waals surface area contributed by atoms with Crippen molar-refractivity contribution in [2.45, 2.75) is 203 Å². The molecule has 0 amide bonds. The van der Waals surface area contributed by atoms with Crippen LogP contribution in [0.1, 0.15) is 203 Å². The normalized spacial score (nSPS) is 21.8. The highest BCUT2D eigenvalue weighted by atomic mass is 16.1. The summed E-state index contributed by atoms with van der Waals surface area (Å²) in [5.41, 5.74) is 20.5. The van der Waals surface area contributed by atoms with E-state index in [4.69, 9.17) is 0 Å². The molecule has 0 bridgehead atoms. The Bertz CT molecular complexity index is 2800. The second kappa shape index (κ2) is 33.7. The molecule has 4 rings (SSSR count). The number of Topliss-reactive ketones (excluding diaryl/α,β-unsaturated/α-hetero) is 2. The van der Waals surface area contributed by atoms with Gasteiger partial charge >= 0.3 is 0 Å². The highest BCUT2D eigenvalue weighted by molar-refractivity contribution is 5.97. The van der Waals surface area contributed by atoms with E-state index in [1.807, 2.05) is 13.8 Å². The summed E-state index contributed by atoms with van der Waals surface area (Å²) < 4.78 is 0. The van der Waals surface area contributed by atoms with Crippen molar-refractivity contribution in [3.8, 4) is 0 Å². The first-order valence-corrected chi connectivity index (χ1v) is 30.5. The minimum atomic E-state index is 0.0404. The van der Waals surface area contributed by atoms with E-state index < -0.39 is 0 Å². The van der Waals surface area contributed by atoms with Gasteiger partial charge in [0, 0.05) is 12.8 Å². The van der Waals surface area contributed by atoms with Crippen molar-refractivity contribution >= 4 is 11.6 Å². The number of hydrogen-bond acceptors (Lipinski definition) is 2. The molecule has 4 aliphatic carbocycles. The van der Waals surface area contributed by atoms with Gasteiger partial charge in [0.1, 0.15) is 0 Å². The van der Waals surface area contributed by atoms with Crippen molar-refractivity contribution in [2.24, 2.45) is 21.7 Å². The minimum Gasteiger partial charge on any atom is -0.295 e. The van der Waals surface area contributed by atoms with Crippen molar-refractivity contribution < 1.29 is 9.59 Å². The molecule has 0 aromatic rings. The van der Waals surface area contributed by atoms with Crippen LogP contribution < -0.4 is 0 Å². The Labute approximate surface area is 502 Å². The highest BCUT2D eigenvalue weighted by Gasteiger charge is 2.32. The van der Waals surface area contributed by atoms with Gasteiger partial charge in [-0.15, -0.1) is 0 Å². The molecule has 0 N–H and O–H groups in total. The minimum absolute atomic E-state index is 0.0404.